The highest BCUT2D eigenvalue weighted by atomic mass is 16.3. The minimum atomic E-state index is -0.480. The summed E-state index contributed by atoms with van der Waals surface area (Å²) in [7, 11) is 0. The maximum Gasteiger partial charge on any atom is 0.228 e. The fraction of sp³-hybridized carbons (Fsp3) is 0.304. The van der Waals surface area contributed by atoms with Crippen LogP contribution < -0.4 is 11.1 Å². The highest BCUT2D eigenvalue weighted by Gasteiger charge is 2.30. The van der Waals surface area contributed by atoms with E-state index in [1.165, 1.54) is 0 Å². The molecule has 3 aromatic heterocycles. The molecule has 3 heterocycles. The predicted octanol–water partition coefficient (Wildman–Crippen LogP) is 3.47. The van der Waals surface area contributed by atoms with Gasteiger partial charge in [-0.1, -0.05) is 6.08 Å². The van der Waals surface area contributed by atoms with E-state index in [2.05, 4.69) is 15.3 Å². The Morgan fingerprint density at radius 3 is 2.77 bits per heavy atom. The van der Waals surface area contributed by atoms with E-state index in [1.807, 2.05) is 25.1 Å². The van der Waals surface area contributed by atoms with Crippen LogP contribution in [0.15, 0.2) is 36.8 Å². The molecule has 1 fully saturated rings. The summed E-state index contributed by atoms with van der Waals surface area (Å²) in [5.41, 5.74) is 10.9. The smallest absolute Gasteiger partial charge is 0.228 e. The molecule has 1 amide bonds. The lowest BCUT2D eigenvalue weighted by Crippen LogP contribution is -2.14. The lowest BCUT2D eigenvalue weighted by Gasteiger charge is -2.17. The minimum Gasteiger partial charge on any atom is -0.389 e. The number of aromatic nitrogens is 3. The van der Waals surface area contributed by atoms with Crippen molar-refractivity contribution in [3.8, 4) is 11.3 Å². The van der Waals surface area contributed by atoms with Gasteiger partial charge in [0.1, 0.15) is 11.6 Å². The molecular formula is C23H23N5O2. The van der Waals surface area contributed by atoms with Crippen LogP contribution in [0.1, 0.15) is 36.8 Å². The van der Waals surface area contributed by atoms with E-state index in [4.69, 9.17) is 10.7 Å². The Morgan fingerprint density at radius 1 is 1.23 bits per heavy atom. The minimum absolute atomic E-state index is 0.00394. The summed E-state index contributed by atoms with van der Waals surface area (Å²) in [5.74, 6) is 0.966. The molecule has 0 radical (unpaired) electrons. The summed E-state index contributed by atoms with van der Waals surface area (Å²) in [5, 5.41) is 14.6. The molecule has 0 aliphatic heterocycles. The molecule has 7 nitrogen and oxygen atoms in total. The monoisotopic (exact) mass is 401 g/mol. The van der Waals surface area contributed by atoms with Crippen molar-refractivity contribution in [2.75, 3.05) is 11.1 Å². The first-order valence-electron chi connectivity index (χ1n) is 10.2. The SMILES string of the molecule is Cc1ccncc1-c1nc(N)c2cnc(NC(=O)C3CC3)cc2c1C1=C[C@H](O)CC1. The molecule has 2 aliphatic rings. The Balaban J connectivity index is 1.75. The molecule has 0 spiro atoms. The van der Waals surface area contributed by atoms with Gasteiger partial charge in [-0.25, -0.2) is 9.97 Å². The zero-order chi connectivity index (χ0) is 20.8. The third-order valence-corrected chi connectivity index (χ3v) is 5.84. The topological polar surface area (TPSA) is 114 Å². The molecule has 0 saturated heterocycles. The summed E-state index contributed by atoms with van der Waals surface area (Å²) in [6.07, 6.45) is 9.86. The highest BCUT2D eigenvalue weighted by molar-refractivity contribution is 6.05. The second-order valence-electron chi connectivity index (χ2n) is 8.09. The van der Waals surface area contributed by atoms with Gasteiger partial charge in [0.2, 0.25) is 5.91 Å². The first-order valence-corrected chi connectivity index (χ1v) is 10.2. The molecule has 30 heavy (non-hydrogen) atoms. The molecule has 4 N–H and O–H groups in total. The number of aliphatic hydroxyl groups excluding tert-OH is 1. The van der Waals surface area contributed by atoms with Gasteiger partial charge < -0.3 is 16.2 Å². The normalized spacial score (nSPS) is 18.5. The van der Waals surface area contributed by atoms with Gasteiger partial charge in [0.15, 0.2) is 0 Å². The quantitative estimate of drug-likeness (QED) is 0.617. The molecule has 0 aromatic carbocycles. The number of aliphatic hydroxyl groups is 1. The predicted molar refractivity (Wildman–Crippen MR) is 116 cm³/mol. The number of nitrogens with two attached hydrogens (primary N) is 1. The number of hydrogen-bond acceptors (Lipinski definition) is 6. The van der Waals surface area contributed by atoms with Crippen LogP contribution in [0.2, 0.25) is 0 Å². The Labute approximate surface area is 174 Å². The fourth-order valence-electron chi connectivity index (χ4n) is 4.02. The summed E-state index contributed by atoms with van der Waals surface area (Å²) in [4.78, 5) is 25.6. The average molecular weight is 401 g/mol. The van der Waals surface area contributed by atoms with Gasteiger partial charge in [0.25, 0.3) is 0 Å². The number of nitrogen functional groups attached to an aromatic ring is 1. The second kappa shape index (κ2) is 7.18. The molecule has 7 heteroatoms. The van der Waals surface area contributed by atoms with Crippen LogP contribution in [0.3, 0.4) is 0 Å². The van der Waals surface area contributed by atoms with Crippen LogP contribution in [-0.4, -0.2) is 32.1 Å². The number of nitrogens with zero attached hydrogens (tertiary/aromatic N) is 3. The molecule has 1 saturated carbocycles. The number of hydrogen-bond donors (Lipinski definition) is 3. The Morgan fingerprint density at radius 2 is 2.07 bits per heavy atom. The third-order valence-electron chi connectivity index (χ3n) is 5.84. The molecular weight excluding hydrogens is 378 g/mol. The van der Waals surface area contributed by atoms with E-state index in [0.717, 1.165) is 58.0 Å². The van der Waals surface area contributed by atoms with Crippen molar-refractivity contribution >= 4 is 33.9 Å². The van der Waals surface area contributed by atoms with Crippen LogP contribution in [0.5, 0.6) is 0 Å². The van der Waals surface area contributed by atoms with Crippen LogP contribution in [0.25, 0.3) is 27.6 Å². The van der Waals surface area contributed by atoms with Crippen molar-refractivity contribution in [2.24, 2.45) is 5.92 Å². The molecule has 1 atom stereocenters. The lowest BCUT2D eigenvalue weighted by atomic mass is 9.93. The number of anilines is 2. The Hall–Kier alpha value is -3.32. The van der Waals surface area contributed by atoms with Gasteiger partial charge in [-0.3, -0.25) is 9.78 Å². The summed E-state index contributed by atoms with van der Waals surface area (Å²) < 4.78 is 0. The van der Waals surface area contributed by atoms with Gasteiger partial charge in [0, 0.05) is 46.4 Å². The number of pyridine rings is 3. The molecule has 0 unspecified atom stereocenters. The van der Waals surface area contributed by atoms with Gasteiger partial charge >= 0.3 is 0 Å². The number of amides is 1. The maximum atomic E-state index is 12.3. The van der Waals surface area contributed by atoms with Crippen molar-refractivity contribution in [1.29, 1.82) is 0 Å². The standard InChI is InChI=1S/C23H23N5O2/c1-12-6-7-25-10-17(12)21-20(14-4-5-15(29)8-14)16-9-19(27-23(30)13-2-3-13)26-11-18(16)22(24)28-21/h6-11,13,15,29H,2-5H2,1H3,(H2,24,28)(H,26,27,30)/t15-/m1/s1. The van der Waals surface area contributed by atoms with Gasteiger partial charge in [-0.15, -0.1) is 0 Å². The van der Waals surface area contributed by atoms with Crippen molar-refractivity contribution in [3.63, 3.8) is 0 Å². The van der Waals surface area contributed by atoms with Crippen molar-refractivity contribution in [3.05, 3.63) is 47.9 Å². The van der Waals surface area contributed by atoms with Gasteiger partial charge in [0.05, 0.1) is 11.8 Å². The summed E-state index contributed by atoms with van der Waals surface area (Å²) >= 11 is 0. The van der Waals surface area contributed by atoms with Crippen molar-refractivity contribution in [2.45, 2.75) is 38.7 Å². The van der Waals surface area contributed by atoms with E-state index in [9.17, 15) is 9.90 Å². The Kier molecular flexibility index (Phi) is 4.47. The van der Waals surface area contributed by atoms with Crippen molar-refractivity contribution < 1.29 is 9.90 Å². The van der Waals surface area contributed by atoms with Gasteiger partial charge in [-0.05, 0) is 55.9 Å². The number of allylic oxidation sites excluding steroid dienone is 1. The summed E-state index contributed by atoms with van der Waals surface area (Å²) in [6.45, 7) is 2.01. The van der Waals surface area contributed by atoms with E-state index in [-0.39, 0.29) is 11.8 Å². The van der Waals surface area contributed by atoms with E-state index in [1.54, 1.807) is 18.6 Å². The largest absolute Gasteiger partial charge is 0.389 e. The number of nitrogens with one attached hydrogen (secondary N) is 1. The average Bonchev–Trinajstić information content (AvgIpc) is 3.50. The highest BCUT2D eigenvalue weighted by Crippen LogP contribution is 2.41. The molecule has 152 valence electrons. The summed E-state index contributed by atoms with van der Waals surface area (Å²) in [6, 6.07) is 3.80. The van der Waals surface area contributed by atoms with E-state index in [0.29, 0.717) is 18.1 Å². The van der Waals surface area contributed by atoms with E-state index < -0.39 is 6.10 Å². The number of rotatable bonds is 4. The third kappa shape index (κ3) is 3.31. The van der Waals surface area contributed by atoms with Crippen LogP contribution in [0.4, 0.5) is 11.6 Å². The van der Waals surface area contributed by atoms with Crippen molar-refractivity contribution in [1.82, 2.24) is 15.0 Å². The number of carbonyl (C=O) groups excluding carboxylic acids is 1. The van der Waals surface area contributed by atoms with Gasteiger partial charge in [-0.2, -0.15) is 0 Å². The first kappa shape index (κ1) is 18.7. The number of carbonyl (C=O) groups is 1. The van der Waals surface area contributed by atoms with Crippen LogP contribution >= 0.6 is 0 Å². The lowest BCUT2D eigenvalue weighted by molar-refractivity contribution is -0.117. The first-order chi connectivity index (χ1) is 14.5. The van der Waals surface area contributed by atoms with Crippen LogP contribution in [0, 0.1) is 12.8 Å². The number of fused-ring (bicyclic) bond motifs is 1. The maximum absolute atomic E-state index is 12.3. The zero-order valence-electron chi connectivity index (χ0n) is 16.7. The molecule has 0 bridgehead atoms. The fourth-order valence-corrected chi connectivity index (χ4v) is 4.02. The second-order valence-corrected chi connectivity index (χ2v) is 8.09. The molecule has 5 rings (SSSR count). The van der Waals surface area contributed by atoms with Crippen LogP contribution in [-0.2, 0) is 4.79 Å². The van der Waals surface area contributed by atoms with E-state index >= 15 is 0 Å². The Bertz CT molecular complexity index is 1200. The molecule has 3 aromatic rings. The zero-order valence-corrected chi connectivity index (χ0v) is 16.7. The number of aryl methyl sites for hydroxylation is 1. The molecule has 2 aliphatic carbocycles.